The number of rotatable bonds is 1. The summed E-state index contributed by atoms with van der Waals surface area (Å²) in [5.74, 6) is 0.799. The van der Waals surface area contributed by atoms with E-state index in [1.807, 2.05) is 19.2 Å². The summed E-state index contributed by atoms with van der Waals surface area (Å²) in [6.45, 7) is 0. The average molecular weight is 197 g/mol. The molecule has 1 aromatic carbocycles. The number of hydrogen-bond acceptors (Lipinski definition) is 2. The lowest BCUT2D eigenvalue weighted by Crippen LogP contribution is -1.90. The predicted octanol–water partition coefficient (Wildman–Crippen LogP) is 2.24. The van der Waals surface area contributed by atoms with Gasteiger partial charge in [0, 0.05) is 7.05 Å². The molecule has 0 spiro atoms. The summed E-state index contributed by atoms with van der Waals surface area (Å²) in [5, 5.41) is 5.75. The second-order valence-electron chi connectivity index (χ2n) is 2.78. The molecular formula is C9H9ClN2O. The van der Waals surface area contributed by atoms with E-state index in [1.165, 1.54) is 0 Å². The van der Waals surface area contributed by atoms with Gasteiger partial charge >= 0.3 is 0 Å². The third-order valence-corrected chi connectivity index (χ3v) is 2.34. The highest BCUT2D eigenvalue weighted by Gasteiger charge is 2.08. The maximum Gasteiger partial charge on any atom is 0.129 e. The van der Waals surface area contributed by atoms with Crippen LogP contribution in [0.3, 0.4) is 0 Å². The zero-order chi connectivity index (χ0) is 9.42. The Bertz CT molecular complexity index is 450. The molecule has 1 aromatic heterocycles. The Morgan fingerprint density at radius 3 is 2.92 bits per heavy atom. The molecule has 68 valence electrons. The van der Waals surface area contributed by atoms with Gasteiger partial charge in [-0.3, -0.25) is 4.68 Å². The summed E-state index contributed by atoms with van der Waals surface area (Å²) in [5.41, 5.74) is 0.904. The molecule has 0 aliphatic carbocycles. The Balaban J connectivity index is 2.87. The van der Waals surface area contributed by atoms with Crippen molar-refractivity contribution < 1.29 is 4.74 Å². The molecule has 2 aromatic rings. The quantitative estimate of drug-likeness (QED) is 0.700. The Labute approximate surface area is 80.9 Å². The monoisotopic (exact) mass is 196 g/mol. The summed E-state index contributed by atoms with van der Waals surface area (Å²) in [6, 6.07) is 3.65. The number of halogens is 1. The molecule has 0 aliphatic rings. The van der Waals surface area contributed by atoms with E-state index in [1.54, 1.807) is 18.0 Å². The molecular weight excluding hydrogens is 188 g/mol. The van der Waals surface area contributed by atoms with E-state index < -0.39 is 0 Å². The van der Waals surface area contributed by atoms with Gasteiger partial charge in [-0.2, -0.15) is 5.10 Å². The number of nitrogens with zero attached hydrogens (tertiary/aromatic N) is 2. The van der Waals surface area contributed by atoms with Crippen LogP contribution in [0.1, 0.15) is 0 Å². The normalized spacial score (nSPS) is 10.7. The van der Waals surface area contributed by atoms with Crippen LogP contribution in [0.25, 0.3) is 10.9 Å². The standard InChI is InChI=1S/C9H9ClN2O/c1-12-9-6(5-11-12)8(13-2)4-3-7(9)10/h3-5H,1-2H3. The topological polar surface area (TPSA) is 27.1 Å². The molecule has 0 saturated heterocycles. The molecule has 3 nitrogen and oxygen atoms in total. The van der Waals surface area contributed by atoms with Crippen LogP contribution in [0.15, 0.2) is 18.3 Å². The first-order valence-corrected chi connectivity index (χ1v) is 4.26. The van der Waals surface area contributed by atoms with Gasteiger partial charge in [0.25, 0.3) is 0 Å². The Morgan fingerprint density at radius 2 is 2.23 bits per heavy atom. The van der Waals surface area contributed by atoms with Crippen LogP contribution in [0.5, 0.6) is 5.75 Å². The van der Waals surface area contributed by atoms with Crippen molar-refractivity contribution in [1.29, 1.82) is 0 Å². The molecule has 0 atom stereocenters. The van der Waals surface area contributed by atoms with Gasteiger partial charge < -0.3 is 4.74 Å². The molecule has 0 fully saturated rings. The first-order valence-electron chi connectivity index (χ1n) is 3.88. The number of benzene rings is 1. The average Bonchev–Trinajstić information content (AvgIpc) is 2.50. The molecule has 0 radical (unpaired) electrons. The van der Waals surface area contributed by atoms with E-state index in [-0.39, 0.29) is 0 Å². The maximum absolute atomic E-state index is 6.02. The lowest BCUT2D eigenvalue weighted by atomic mass is 10.2. The summed E-state index contributed by atoms with van der Waals surface area (Å²) in [4.78, 5) is 0. The van der Waals surface area contributed by atoms with Crippen LogP contribution in [-0.2, 0) is 7.05 Å². The first-order chi connectivity index (χ1) is 6.24. The van der Waals surface area contributed by atoms with Gasteiger partial charge in [0.1, 0.15) is 5.75 Å². The van der Waals surface area contributed by atoms with Crippen molar-refractivity contribution in [3.8, 4) is 5.75 Å². The van der Waals surface area contributed by atoms with Gasteiger partial charge in [-0.1, -0.05) is 11.6 Å². The third kappa shape index (κ3) is 1.16. The smallest absolute Gasteiger partial charge is 0.129 e. The molecule has 0 aliphatic heterocycles. The molecule has 2 rings (SSSR count). The van der Waals surface area contributed by atoms with Gasteiger partial charge in [-0.25, -0.2) is 0 Å². The molecule has 0 unspecified atom stereocenters. The summed E-state index contributed by atoms with van der Waals surface area (Å²) in [7, 11) is 3.49. The van der Waals surface area contributed by atoms with E-state index in [0.29, 0.717) is 5.02 Å². The van der Waals surface area contributed by atoms with Gasteiger partial charge in [-0.05, 0) is 12.1 Å². The van der Waals surface area contributed by atoms with Crippen molar-refractivity contribution in [1.82, 2.24) is 9.78 Å². The van der Waals surface area contributed by atoms with Crippen LogP contribution in [0.2, 0.25) is 5.02 Å². The second kappa shape index (κ2) is 2.92. The highest BCUT2D eigenvalue weighted by atomic mass is 35.5. The van der Waals surface area contributed by atoms with Crippen LogP contribution in [0.4, 0.5) is 0 Å². The van der Waals surface area contributed by atoms with Crippen LogP contribution < -0.4 is 4.74 Å². The van der Waals surface area contributed by atoms with Crippen molar-refractivity contribution in [2.24, 2.45) is 7.05 Å². The van der Waals surface area contributed by atoms with Crippen molar-refractivity contribution in [3.63, 3.8) is 0 Å². The molecule has 0 saturated carbocycles. The van der Waals surface area contributed by atoms with Gasteiger partial charge in [0.05, 0.1) is 29.2 Å². The largest absolute Gasteiger partial charge is 0.496 e. The zero-order valence-corrected chi connectivity index (χ0v) is 8.17. The summed E-state index contributed by atoms with van der Waals surface area (Å²) < 4.78 is 6.92. The number of aromatic nitrogens is 2. The predicted molar refractivity (Wildman–Crippen MR) is 52.3 cm³/mol. The number of hydrogen-bond donors (Lipinski definition) is 0. The summed E-state index contributed by atoms with van der Waals surface area (Å²) >= 11 is 6.02. The molecule has 13 heavy (non-hydrogen) atoms. The molecule has 1 heterocycles. The minimum Gasteiger partial charge on any atom is -0.496 e. The van der Waals surface area contributed by atoms with Gasteiger partial charge in [-0.15, -0.1) is 0 Å². The van der Waals surface area contributed by atoms with Gasteiger partial charge in [0.2, 0.25) is 0 Å². The van der Waals surface area contributed by atoms with E-state index >= 15 is 0 Å². The fourth-order valence-corrected chi connectivity index (χ4v) is 1.68. The number of fused-ring (bicyclic) bond motifs is 1. The molecule has 0 N–H and O–H groups in total. The summed E-state index contributed by atoms with van der Waals surface area (Å²) in [6.07, 6.45) is 1.75. The van der Waals surface area contributed by atoms with Crippen LogP contribution in [-0.4, -0.2) is 16.9 Å². The van der Waals surface area contributed by atoms with Crippen molar-refractivity contribution in [2.75, 3.05) is 7.11 Å². The van der Waals surface area contributed by atoms with E-state index in [0.717, 1.165) is 16.7 Å². The van der Waals surface area contributed by atoms with E-state index in [4.69, 9.17) is 16.3 Å². The van der Waals surface area contributed by atoms with Crippen molar-refractivity contribution >= 4 is 22.5 Å². The van der Waals surface area contributed by atoms with Crippen molar-refractivity contribution in [3.05, 3.63) is 23.4 Å². The lowest BCUT2D eigenvalue weighted by molar-refractivity contribution is 0.420. The van der Waals surface area contributed by atoms with Crippen LogP contribution in [0, 0.1) is 0 Å². The first kappa shape index (κ1) is 8.38. The highest BCUT2D eigenvalue weighted by molar-refractivity contribution is 6.35. The number of aryl methyl sites for hydroxylation is 1. The molecule has 0 bridgehead atoms. The Hall–Kier alpha value is -1.22. The SMILES string of the molecule is COc1ccc(Cl)c2c1cnn2C. The highest BCUT2D eigenvalue weighted by Crippen LogP contribution is 2.30. The van der Waals surface area contributed by atoms with E-state index in [9.17, 15) is 0 Å². The zero-order valence-electron chi connectivity index (χ0n) is 7.41. The van der Waals surface area contributed by atoms with Crippen molar-refractivity contribution in [2.45, 2.75) is 0 Å². The fraction of sp³-hybridized carbons (Fsp3) is 0.222. The van der Waals surface area contributed by atoms with E-state index in [2.05, 4.69) is 5.10 Å². The minimum atomic E-state index is 0.691. The Morgan fingerprint density at radius 1 is 1.46 bits per heavy atom. The minimum absolute atomic E-state index is 0.691. The van der Waals surface area contributed by atoms with Crippen LogP contribution >= 0.6 is 11.6 Å². The Kier molecular flexibility index (Phi) is 1.88. The maximum atomic E-state index is 6.02. The van der Waals surface area contributed by atoms with Gasteiger partial charge in [0.15, 0.2) is 0 Å². The second-order valence-corrected chi connectivity index (χ2v) is 3.19. The lowest BCUT2D eigenvalue weighted by Gasteiger charge is -2.02. The molecule has 0 amide bonds. The number of methoxy groups -OCH3 is 1. The molecule has 4 heteroatoms. The third-order valence-electron chi connectivity index (χ3n) is 2.03. The number of ether oxygens (including phenoxy) is 1. The fourth-order valence-electron chi connectivity index (χ4n) is 1.40.